The van der Waals surface area contributed by atoms with Crippen LogP contribution < -0.4 is 5.32 Å². The smallest absolute Gasteiger partial charge is 0.0307 e. The van der Waals surface area contributed by atoms with Crippen LogP contribution in [0.4, 0.5) is 0 Å². The average molecular weight is 384 g/mol. The highest BCUT2D eigenvalue weighted by Gasteiger charge is 2.41. The Hall–Kier alpha value is -0.130. The summed E-state index contributed by atoms with van der Waals surface area (Å²) >= 11 is 2.38. The van der Waals surface area contributed by atoms with Gasteiger partial charge in [0.25, 0.3) is 0 Å². The van der Waals surface area contributed by atoms with Crippen LogP contribution in [0.15, 0.2) is 24.3 Å². The van der Waals surface area contributed by atoms with Crippen molar-refractivity contribution in [3.63, 3.8) is 0 Å². The predicted octanol–water partition coefficient (Wildman–Crippen LogP) is 3.64. The summed E-state index contributed by atoms with van der Waals surface area (Å²) in [5, 5.41) is 3.80. The quantitative estimate of drug-likeness (QED) is 0.798. The Morgan fingerprint density at radius 3 is 2.60 bits per heavy atom. The topological polar surface area (TPSA) is 15.3 Å². The second-order valence-electron chi connectivity index (χ2n) is 6.68. The third-order valence-electron chi connectivity index (χ3n) is 5.17. The average Bonchev–Trinajstić information content (AvgIpc) is 3.28. The Bertz CT molecular complexity index is 455. The maximum absolute atomic E-state index is 3.80. The number of piperazine rings is 1. The fourth-order valence-electron chi connectivity index (χ4n) is 3.21. The Labute approximate surface area is 136 Å². The molecular formula is C17H25IN2. The van der Waals surface area contributed by atoms with E-state index in [9.17, 15) is 0 Å². The van der Waals surface area contributed by atoms with Gasteiger partial charge in [-0.05, 0) is 72.4 Å². The lowest BCUT2D eigenvalue weighted by Gasteiger charge is -2.48. The van der Waals surface area contributed by atoms with Crippen LogP contribution in [-0.4, -0.2) is 29.6 Å². The second kappa shape index (κ2) is 5.93. The summed E-state index contributed by atoms with van der Waals surface area (Å²) < 4.78 is 1.32. The zero-order chi connectivity index (χ0) is 14.2. The largest absolute Gasteiger partial charge is 0.311 e. The van der Waals surface area contributed by atoms with Gasteiger partial charge in [-0.15, -0.1) is 0 Å². The highest BCUT2D eigenvalue weighted by Crippen LogP contribution is 2.36. The lowest BCUT2D eigenvalue weighted by Crippen LogP contribution is -2.63. The number of hydrogen-bond acceptors (Lipinski definition) is 2. The van der Waals surface area contributed by atoms with Crippen molar-refractivity contribution in [2.24, 2.45) is 5.92 Å². The molecule has 1 saturated heterocycles. The Balaban J connectivity index is 1.73. The molecule has 1 aliphatic heterocycles. The Morgan fingerprint density at radius 2 is 2.00 bits per heavy atom. The standard InChI is InChI=1S/C17H25IN2/c1-3-17(2)12-19-16(14-6-7-14)11-20(17)10-13-4-8-15(18)9-5-13/h4-5,8-9,14,16,19H,3,6-7,10-12H2,1-2H3. The molecule has 1 aliphatic carbocycles. The number of nitrogens with one attached hydrogen (secondary N) is 1. The van der Waals surface area contributed by atoms with Crippen LogP contribution >= 0.6 is 22.6 Å². The summed E-state index contributed by atoms with van der Waals surface area (Å²) in [5.41, 5.74) is 1.75. The molecule has 1 N–H and O–H groups in total. The van der Waals surface area contributed by atoms with Crippen molar-refractivity contribution < 1.29 is 0 Å². The molecule has 2 aliphatic rings. The van der Waals surface area contributed by atoms with Crippen molar-refractivity contribution >= 4 is 22.6 Å². The SMILES string of the molecule is CCC1(C)CNC(C2CC2)CN1Cc1ccc(I)cc1. The first-order valence-electron chi connectivity index (χ1n) is 7.83. The molecule has 20 heavy (non-hydrogen) atoms. The van der Waals surface area contributed by atoms with E-state index in [1.165, 1.54) is 34.9 Å². The van der Waals surface area contributed by atoms with Crippen molar-refractivity contribution in [3.05, 3.63) is 33.4 Å². The molecule has 1 aromatic rings. The lowest BCUT2D eigenvalue weighted by atomic mass is 9.90. The zero-order valence-corrected chi connectivity index (χ0v) is 14.7. The van der Waals surface area contributed by atoms with Crippen LogP contribution in [0.1, 0.15) is 38.7 Å². The fraction of sp³-hybridized carbons (Fsp3) is 0.647. The highest BCUT2D eigenvalue weighted by molar-refractivity contribution is 14.1. The molecular weight excluding hydrogens is 359 g/mol. The molecule has 3 heteroatoms. The third-order valence-corrected chi connectivity index (χ3v) is 5.88. The van der Waals surface area contributed by atoms with E-state index < -0.39 is 0 Å². The summed E-state index contributed by atoms with van der Waals surface area (Å²) in [6.45, 7) is 8.16. The molecule has 2 fully saturated rings. The number of hydrogen-bond donors (Lipinski definition) is 1. The molecule has 2 atom stereocenters. The van der Waals surface area contributed by atoms with E-state index in [1.54, 1.807) is 0 Å². The van der Waals surface area contributed by atoms with Gasteiger partial charge in [-0.25, -0.2) is 0 Å². The first kappa shape index (κ1) is 14.8. The number of benzene rings is 1. The normalized spacial score (nSPS) is 31.4. The molecule has 2 nitrogen and oxygen atoms in total. The summed E-state index contributed by atoms with van der Waals surface area (Å²) in [5.74, 6) is 0.940. The Morgan fingerprint density at radius 1 is 1.30 bits per heavy atom. The molecule has 3 rings (SSSR count). The van der Waals surface area contributed by atoms with E-state index in [2.05, 4.69) is 70.9 Å². The van der Waals surface area contributed by atoms with Crippen molar-refractivity contribution in [1.29, 1.82) is 0 Å². The van der Waals surface area contributed by atoms with Crippen molar-refractivity contribution in [1.82, 2.24) is 10.2 Å². The number of rotatable bonds is 4. The van der Waals surface area contributed by atoms with Crippen LogP contribution in [0.25, 0.3) is 0 Å². The molecule has 0 spiro atoms. The minimum atomic E-state index is 0.300. The van der Waals surface area contributed by atoms with Gasteiger partial charge in [-0.3, -0.25) is 4.90 Å². The molecule has 2 unspecified atom stereocenters. The molecule has 0 radical (unpaired) electrons. The molecule has 0 amide bonds. The van der Waals surface area contributed by atoms with Gasteiger partial charge in [0.05, 0.1) is 0 Å². The Kier molecular flexibility index (Phi) is 4.39. The van der Waals surface area contributed by atoms with Crippen LogP contribution in [0.3, 0.4) is 0 Å². The van der Waals surface area contributed by atoms with Gasteiger partial charge in [0.15, 0.2) is 0 Å². The van der Waals surface area contributed by atoms with E-state index in [0.29, 0.717) is 5.54 Å². The van der Waals surface area contributed by atoms with Gasteiger partial charge < -0.3 is 5.32 Å². The molecule has 110 valence electrons. The number of halogens is 1. The highest BCUT2D eigenvalue weighted by atomic mass is 127. The van der Waals surface area contributed by atoms with Gasteiger partial charge in [0, 0.05) is 34.8 Å². The van der Waals surface area contributed by atoms with Crippen LogP contribution in [0.5, 0.6) is 0 Å². The van der Waals surface area contributed by atoms with E-state index >= 15 is 0 Å². The lowest BCUT2D eigenvalue weighted by molar-refractivity contribution is 0.0369. The van der Waals surface area contributed by atoms with Crippen molar-refractivity contribution in [3.8, 4) is 0 Å². The van der Waals surface area contributed by atoms with Crippen molar-refractivity contribution in [2.75, 3.05) is 13.1 Å². The third kappa shape index (κ3) is 3.20. The molecule has 0 bridgehead atoms. The van der Waals surface area contributed by atoms with E-state index in [1.807, 2.05) is 0 Å². The monoisotopic (exact) mass is 384 g/mol. The maximum Gasteiger partial charge on any atom is 0.0307 e. The van der Waals surface area contributed by atoms with Crippen molar-refractivity contribution in [2.45, 2.75) is 51.2 Å². The summed E-state index contributed by atoms with van der Waals surface area (Å²) in [7, 11) is 0. The van der Waals surface area contributed by atoms with E-state index in [4.69, 9.17) is 0 Å². The molecule has 0 aromatic heterocycles. The predicted molar refractivity (Wildman–Crippen MR) is 92.8 cm³/mol. The van der Waals surface area contributed by atoms with Gasteiger partial charge in [0.2, 0.25) is 0 Å². The van der Waals surface area contributed by atoms with E-state index in [0.717, 1.165) is 25.0 Å². The number of nitrogens with zero attached hydrogens (tertiary/aromatic N) is 1. The first-order valence-corrected chi connectivity index (χ1v) is 8.91. The fourth-order valence-corrected chi connectivity index (χ4v) is 3.57. The zero-order valence-electron chi connectivity index (χ0n) is 12.5. The van der Waals surface area contributed by atoms with Gasteiger partial charge in [0.1, 0.15) is 0 Å². The van der Waals surface area contributed by atoms with Gasteiger partial charge in [-0.1, -0.05) is 19.1 Å². The van der Waals surface area contributed by atoms with Crippen LogP contribution in [0.2, 0.25) is 0 Å². The summed E-state index contributed by atoms with van der Waals surface area (Å²) in [4.78, 5) is 2.72. The van der Waals surface area contributed by atoms with Crippen LogP contribution in [0, 0.1) is 9.49 Å². The maximum atomic E-state index is 3.80. The van der Waals surface area contributed by atoms with Gasteiger partial charge in [-0.2, -0.15) is 0 Å². The van der Waals surface area contributed by atoms with Crippen LogP contribution in [-0.2, 0) is 6.54 Å². The second-order valence-corrected chi connectivity index (χ2v) is 7.93. The molecule has 1 saturated carbocycles. The minimum absolute atomic E-state index is 0.300. The first-order chi connectivity index (χ1) is 9.60. The van der Waals surface area contributed by atoms with Gasteiger partial charge >= 0.3 is 0 Å². The summed E-state index contributed by atoms with van der Waals surface area (Å²) in [6, 6.07) is 9.73. The summed E-state index contributed by atoms with van der Waals surface area (Å²) in [6.07, 6.45) is 4.07. The molecule has 1 aromatic carbocycles. The minimum Gasteiger partial charge on any atom is -0.311 e. The van der Waals surface area contributed by atoms with E-state index in [-0.39, 0.29) is 0 Å². The molecule has 1 heterocycles.